The number of ether oxygens (including phenoxy) is 1. The minimum absolute atomic E-state index is 0.397. The van der Waals surface area contributed by atoms with Crippen molar-refractivity contribution in [2.45, 2.75) is 20.0 Å². The topological polar surface area (TPSA) is 86.5 Å². The van der Waals surface area contributed by atoms with Crippen LogP contribution in [0.3, 0.4) is 0 Å². The lowest BCUT2D eigenvalue weighted by molar-refractivity contribution is 0.0599. The molecule has 0 spiro atoms. The number of hydrogen-bond acceptors (Lipinski definition) is 7. The summed E-state index contributed by atoms with van der Waals surface area (Å²) in [5.74, 6) is 1.57. The quantitative estimate of drug-likeness (QED) is 0.635. The van der Waals surface area contributed by atoms with Gasteiger partial charge < -0.3 is 13.7 Å². The lowest BCUT2D eigenvalue weighted by atomic mass is 10.2. The van der Waals surface area contributed by atoms with Gasteiger partial charge in [-0.1, -0.05) is 5.16 Å². The van der Waals surface area contributed by atoms with Crippen molar-refractivity contribution in [1.29, 1.82) is 0 Å². The minimum Gasteiger partial charge on any atom is -0.465 e. The number of carbonyl (C=O) groups is 1. The summed E-state index contributed by atoms with van der Waals surface area (Å²) in [6.07, 6.45) is 3.62. The molecule has 8 heteroatoms. The monoisotopic (exact) mass is 344 g/mol. The van der Waals surface area contributed by atoms with Gasteiger partial charge in [-0.25, -0.2) is 4.79 Å². The first-order chi connectivity index (χ1) is 12.0. The average molecular weight is 344 g/mol. The summed E-state index contributed by atoms with van der Waals surface area (Å²) in [7, 11) is 5.14. The zero-order chi connectivity index (χ0) is 18.0. The van der Waals surface area contributed by atoms with Crippen molar-refractivity contribution in [2.24, 2.45) is 7.05 Å². The maximum absolute atomic E-state index is 11.6. The molecule has 0 saturated carbocycles. The maximum atomic E-state index is 11.6. The van der Waals surface area contributed by atoms with Crippen molar-refractivity contribution in [1.82, 2.24) is 19.8 Å². The van der Waals surface area contributed by atoms with Crippen LogP contribution in [0.15, 0.2) is 33.5 Å². The third kappa shape index (κ3) is 3.80. The number of rotatable bonds is 6. The SMILES string of the molecule is COC(=O)c1cc(CN(C)Cc2cc(-c3cnn(C)c3)no2)oc1C. The van der Waals surface area contributed by atoms with E-state index in [1.165, 1.54) is 7.11 Å². The lowest BCUT2D eigenvalue weighted by Gasteiger charge is -2.12. The Hall–Kier alpha value is -2.87. The predicted octanol–water partition coefficient (Wildman–Crippen LogP) is 2.40. The van der Waals surface area contributed by atoms with Gasteiger partial charge in [0.05, 0.1) is 26.4 Å². The maximum Gasteiger partial charge on any atom is 0.341 e. The number of furan rings is 1. The van der Waals surface area contributed by atoms with Crippen molar-refractivity contribution in [2.75, 3.05) is 14.2 Å². The molecular weight excluding hydrogens is 324 g/mol. The van der Waals surface area contributed by atoms with Gasteiger partial charge in [-0.3, -0.25) is 9.58 Å². The average Bonchev–Trinajstić information content (AvgIpc) is 3.27. The van der Waals surface area contributed by atoms with E-state index >= 15 is 0 Å². The summed E-state index contributed by atoms with van der Waals surface area (Å²) in [6, 6.07) is 3.60. The number of hydrogen-bond donors (Lipinski definition) is 0. The van der Waals surface area contributed by atoms with Gasteiger partial charge in [-0.05, 0) is 20.0 Å². The molecule has 0 unspecified atom stereocenters. The molecule has 0 radical (unpaired) electrons. The molecule has 3 aromatic rings. The van der Waals surface area contributed by atoms with E-state index in [1.54, 1.807) is 23.9 Å². The smallest absolute Gasteiger partial charge is 0.341 e. The zero-order valence-electron chi connectivity index (χ0n) is 14.6. The number of methoxy groups -OCH3 is 1. The van der Waals surface area contributed by atoms with E-state index in [-0.39, 0.29) is 0 Å². The van der Waals surface area contributed by atoms with Crippen LogP contribution in [-0.2, 0) is 24.9 Å². The van der Waals surface area contributed by atoms with Gasteiger partial charge >= 0.3 is 5.97 Å². The molecule has 0 fully saturated rings. The molecule has 0 aromatic carbocycles. The molecule has 0 saturated heterocycles. The van der Waals surface area contributed by atoms with Gasteiger partial charge in [-0.15, -0.1) is 0 Å². The van der Waals surface area contributed by atoms with Crippen molar-refractivity contribution in [3.05, 3.63) is 47.4 Å². The third-order valence-corrected chi connectivity index (χ3v) is 3.79. The first-order valence-corrected chi connectivity index (χ1v) is 7.77. The Bertz CT molecular complexity index is 877. The van der Waals surface area contributed by atoms with Gasteiger partial charge in [0, 0.05) is 24.9 Å². The fourth-order valence-corrected chi connectivity index (χ4v) is 2.60. The fraction of sp³-hybridized carbons (Fsp3) is 0.353. The number of carbonyl (C=O) groups excluding carboxylic acids is 1. The molecular formula is C17H20N4O4. The molecule has 0 atom stereocenters. The molecule has 8 nitrogen and oxygen atoms in total. The van der Waals surface area contributed by atoms with E-state index < -0.39 is 5.97 Å². The summed E-state index contributed by atoms with van der Waals surface area (Å²) < 4.78 is 17.5. The molecule has 3 rings (SSSR count). The molecule has 3 heterocycles. The van der Waals surface area contributed by atoms with Crippen LogP contribution in [0.1, 0.15) is 27.6 Å². The normalized spacial score (nSPS) is 11.2. The Morgan fingerprint density at radius 2 is 2.08 bits per heavy atom. The summed E-state index contributed by atoms with van der Waals surface area (Å²) in [5.41, 5.74) is 2.10. The number of esters is 1. The van der Waals surface area contributed by atoms with Crippen LogP contribution in [0.5, 0.6) is 0 Å². The van der Waals surface area contributed by atoms with Crippen LogP contribution in [0.4, 0.5) is 0 Å². The highest BCUT2D eigenvalue weighted by atomic mass is 16.5. The molecule has 0 aliphatic rings. The first-order valence-electron chi connectivity index (χ1n) is 7.77. The Labute approximate surface area is 145 Å². The second kappa shape index (κ2) is 6.94. The van der Waals surface area contributed by atoms with Gasteiger partial charge in [-0.2, -0.15) is 5.10 Å². The van der Waals surface area contributed by atoms with Gasteiger partial charge in [0.15, 0.2) is 5.76 Å². The molecule has 132 valence electrons. The van der Waals surface area contributed by atoms with Crippen LogP contribution >= 0.6 is 0 Å². The summed E-state index contributed by atoms with van der Waals surface area (Å²) in [6.45, 7) is 2.83. The summed E-state index contributed by atoms with van der Waals surface area (Å²) in [5, 5.41) is 8.20. The Balaban J connectivity index is 1.64. The molecule has 3 aromatic heterocycles. The fourth-order valence-electron chi connectivity index (χ4n) is 2.60. The van der Waals surface area contributed by atoms with Gasteiger partial charge in [0.25, 0.3) is 0 Å². The van der Waals surface area contributed by atoms with Gasteiger partial charge in [0.2, 0.25) is 0 Å². The predicted molar refractivity (Wildman–Crippen MR) is 88.7 cm³/mol. The largest absolute Gasteiger partial charge is 0.465 e. The highest BCUT2D eigenvalue weighted by Crippen LogP contribution is 2.20. The lowest BCUT2D eigenvalue weighted by Crippen LogP contribution is -2.16. The Morgan fingerprint density at radius 3 is 2.76 bits per heavy atom. The molecule has 0 amide bonds. The summed E-state index contributed by atoms with van der Waals surface area (Å²) in [4.78, 5) is 13.6. The van der Waals surface area contributed by atoms with Gasteiger partial charge in [0.1, 0.15) is 22.8 Å². The van der Waals surface area contributed by atoms with Crippen LogP contribution in [-0.4, -0.2) is 40.0 Å². The Kier molecular flexibility index (Phi) is 4.71. The van der Waals surface area contributed by atoms with E-state index in [9.17, 15) is 4.79 Å². The number of aryl methyl sites for hydroxylation is 2. The minimum atomic E-state index is -0.397. The molecule has 0 bridgehead atoms. The van der Waals surface area contributed by atoms with Crippen LogP contribution < -0.4 is 0 Å². The first kappa shape index (κ1) is 17.0. The molecule has 0 aliphatic carbocycles. The molecule has 0 N–H and O–H groups in total. The van der Waals surface area contributed by atoms with Crippen LogP contribution in [0, 0.1) is 6.92 Å². The van der Waals surface area contributed by atoms with E-state index in [0.29, 0.717) is 30.2 Å². The Morgan fingerprint density at radius 1 is 1.32 bits per heavy atom. The van der Waals surface area contributed by atoms with Crippen molar-refractivity contribution >= 4 is 5.97 Å². The second-order valence-electron chi connectivity index (χ2n) is 5.93. The molecule has 25 heavy (non-hydrogen) atoms. The van der Waals surface area contributed by atoms with Crippen LogP contribution in [0.25, 0.3) is 11.3 Å². The third-order valence-electron chi connectivity index (χ3n) is 3.79. The number of nitrogens with zero attached hydrogens (tertiary/aromatic N) is 4. The van der Waals surface area contributed by atoms with Crippen LogP contribution in [0.2, 0.25) is 0 Å². The second-order valence-corrected chi connectivity index (χ2v) is 5.93. The standard InChI is InChI=1S/C17H20N4O4/c1-11-15(17(22)23-4)5-13(24-11)9-20(2)10-14-6-16(19-25-14)12-7-18-21(3)8-12/h5-8H,9-10H2,1-4H3. The van der Waals surface area contributed by atoms with E-state index in [2.05, 4.69) is 10.3 Å². The van der Waals surface area contributed by atoms with E-state index in [1.807, 2.05) is 31.3 Å². The molecule has 0 aliphatic heterocycles. The summed E-state index contributed by atoms with van der Waals surface area (Å²) >= 11 is 0. The van der Waals surface area contributed by atoms with E-state index in [0.717, 1.165) is 17.0 Å². The zero-order valence-corrected chi connectivity index (χ0v) is 14.6. The van der Waals surface area contributed by atoms with Crippen molar-refractivity contribution in [3.63, 3.8) is 0 Å². The highest BCUT2D eigenvalue weighted by Gasteiger charge is 2.17. The van der Waals surface area contributed by atoms with Crippen molar-refractivity contribution < 1.29 is 18.5 Å². The highest BCUT2D eigenvalue weighted by molar-refractivity contribution is 5.90. The van der Waals surface area contributed by atoms with E-state index in [4.69, 9.17) is 13.7 Å². The van der Waals surface area contributed by atoms with Crippen molar-refractivity contribution in [3.8, 4) is 11.3 Å². The number of aromatic nitrogens is 3.